The SMILES string of the molecule is CCn1cccc1C(=O)N[C@H](C)C(=O)OC(C)(C)C. The third-order valence-electron chi connectivity index (χ3n) is 2.51. The van der Waals surface area contributed by atoms with E-state index in [9.17, 15) is 9.59 Å². The molecule has 0 aliphatic heterocycles. The molecule has 1 rings (SSSR count). The Labute approximate surface area is 113 Å². The molecule has 0 radical (unpaired) electrons. The van der Waals surface area contributed by atoms with Crippen molar-refractivity contribution in [1.82, 2.24) is 9.88 Å². The van der Waals surface area contributed by atoms with E-state index in [-0.39, 0.29) is 5.91 Å². The number of carbonyl (C=O) groups is 2. The van der Waals surface area contributed by atoms with Crippen molar-refractivity contribution in [3.05, 3.63) is 24.0 Å². The fourth-order valence-electron chi connectivity index (χ4n) is 1.62. The van der Waals surface area contributed by atoms with Gasteiger partial charge in [0.2, 0.25) is 0 Å². The number of aryl methyl sites for hydroxylation is 1. The van der Waals surface area contributed by atoms with Crippen LogP contribution in [0.3, 0.4) is 0 Å². The molecule has 0 aliphatic rings. The standard InChI is InChI=1S/C14H22N2O3/c1-6-16-9-7-8-11(16)12(17)15-10(2)13(18)19-14(3,4)5/h7-10H,6H2,1-5H3,(H,15,17)/t10-/m1/s1. The average Bonchev–Trinajstić information content (AvgIpc) is 2.74. The Morgan fingerprint density at radius 3 is 2.58 bits per heavy atom. The molecule has 1 aromatic rings. The average molecular weight is 266 g/mol. The molecule has 1 aromatic heterocycles. The lowest BCUT2D eigenvalue weighted by molar-refractivity contribution is -0.156. The third kappa shape index (κ3) is 4.43. The van der Waals surface area contributed by atoms with Crippen molar-refractivity contribution in [3.8, 4) is 0 Å². The van der Waals surface area contributed by atoms with E-state index in [0.717, 1.165) is 0 Å². The molecule has 0 aliphatic carbocycles. The lowest BCUT2D eigenvalue weighted by Crippen LogP contribution is -2.42. The van der Waals surface area contributed by atoms with Crippen LogP contribution in [0.4, 0.5) is 0 Å². The Balaban J connectivity index is 2.64. The molecule has 5 nitrogen and oxygen atoms in total. The van der Waals surface area contributed by atoms with Gasteiger partial charge in [-0.15, -0.1) is 0 Å². The van der Waals surface area contributed by atoms with Crippen LogP contribution in [0.5, 0.6) is 0 Å². The first-order valence-electron chi connectivity index (χ1n) is 6.43. The maximum atomic E-state index is 12.0. The molecule has 1 N–H and O–H groups in total. The topological polar surface area (TPSA) is 60.3 Å². The second-order valence-corrected chi connectivity index (χ2v) is 5.41. The van der Waals surface area contributed by atoms with Crippen molar-refractivity contribution in [1.29, 1.82) is 0 Å². The van der Waals surface area contributed by atoms with Crippen LogP contribution in [0.25, 0.3) is 0 Å². The molecule has 0 spiro atoms. The minimum atomic E-state index is -0.674. The molecular weight excluding hydrogens is 244 g/mol. The Kier molecular flexibility index (Phi) is 4.75. The maximum absolute atomic E-state index is 12.0. The van der Waals surface area contributed by atoms with Crippen LogP contribution < -0.4 is 5.32 Å². The number of ether oxygens (including phenoxy) is 1. The largest absolute Gasteiger partial charge is 0.458 e. The van der Waals surface area contributed by atoms with Crippen LogP contribution in [0, 0.1) is 0 Å². The molecule has 0 aromatic carbocycles. The summed E-state index contributed by atoms with van der Waals surface area (Å²) in [5.74, 6) is -0.708. The summed E-state index contributed by atoms with van der Waals surface area (Å²) in [7, 11) is 0. The number of carbonyl (C=O) groups excluding carboxylic acids is 2. The highest BCUT2D eigenvalue weighted by Crippen LogP contribution is 2.09. The van der Waals surface area contributed by atoms with Gasteiger partial charge in [0.05, 0.1) is 0 Å². The van der Waals surface area contributed by atoms with Gasteiger partial charge in [0.15, 0.2) is 0 Å². The second-order valence-electron chi connectivity index (χ2n) is 5.41. The minimum Gasteiger partial charge on any atom is -0.458 e. The van der Waals surface area contributed by atoms with Gasteiger partial charge in [-0.25, -0.2) is 4.79 Å². The van der Waals surface area contributed by atoms with Crippen molar-refractivity contribution in [2.45, 2.75) is 52.8 Å². The highest BCUT2D eigenvalue weighted by molar-refractivity contribution is 5.95. The summed E-state index contributed by atoms with van der Waals surface area (Å²) < 4.78 is 7.03. The van der Waals surface area contributed by atoms with Gasteiger partial charge in [-0.2, -0.15) is 0 Å². The first kappa shape index (κ1) is 15.3. The summed E-state index contributed by atoms with van der Waals surface area (Å²) >= 11 is 0. The van der Waals surface area contributed by atoms with E-state index in [1.54, 1.807) is 39.8 Å². The zero-order chi connectivity index (χ0) is 14.6. The van der Waals surface area contributed by atoms with Crippen molar-refractivity contribution in [2.24, 2.45) is 0 Å². The number of nitrogens with one attached hydrogen (secondary N) is 1. The van der Waals surface area contributed by atoms with Crippen molar-refractivity contribution in [2.75, 3.05) is 0 Å². The van der Waals surface area contributed by atoms with Crippen LogP contribution >= 0.6 is 0 Å². The van der Waals surface area contributed by atoms with E-state index >= 15 is 0 Å². The van der Waals surface area contributed by atoms with Gasteiger partial charge < -0.3 is 14.6 Å². The smallest absolute Gasteiger partial charge is 0.328 e. The van der Waals surface area contributed by atoms with E-state index in [1.165, 1.54) is 0 Å². The summed E-state index contributed by atoms with van der Waals surface area (Å²) in [5.41, 5.74) is -0.0161. The van der Waals surface area contributed by atoms with Crippen LogP contribution in [0.15, 0.2) is 18.3 Å². The molecule has 1 heterocycles. The first-order valence-corrected chi connectivity index (χ1v) is 6.43. The quantitative estimate of drug-likeness (QED) is 0.848. The summed E-state index contributed by atoms with van der Waals surface area (Å²) in [6, 6.07) is 2.85. The molecule has 5 heteroatoms. The molecule has 0 saturated carbocycles. The monoisotopic (exact) mass is 266 g/mol. The predicted molar refractivity (Wildman–Crippen MR) is 72.9 cm³/mol. The normalized spacial score (nSPS) is 12.9. The highest BCUT2D eigenvalue weighted by atomic mass is 16.6. The Hall–Kier alpha value is -1.78. The van der Waals surface area contributed by atoms with Crippen molar-refractivity contribution in [3.63, 3.8) is 0 Å². The number of amides is 1. The van der Waals surface area contributed by atoms with E-state index < -0.39 is 17.6 Å². The zero-order valence-electron chi connectivity index (χ0n) is 12.2. The lowest BCUT2D eigenvalue weighted by atomic mass is 10.2. The van der Waals surface area contributed by atoms with Gasteiger partial charge >= 0.3 is 5.97 Å². The molecule has 0 bridgehead atoms. The predicted octanol–water partition coefficient (Wildman–Crippen LogP) is 1.97. The Morgan fingerprint density at radius 1 is 1.42 bits per heavy atom. The van der Waals surface area contributed by atoms with Crippen molar-refractivity contribution < 1.29 is 14.3 Å². The van der Waals surface area contributed by atoms with Crippen LogP contribution in [-0.2, 0) is 16.1 Å². The number of nitrogens with zero attached hydrogens (tertiary/aromatic N) is 1. The van der Waals surface area contributed by atoms with Gasteiger partial charge in [0.25, 0.3) is 5.91 Å². The lowest BCUT2D eigenvalue weighted by Gasteiger charge is -2.22. The van der Waals surface area contributed by atoms with Gasteiger partial charge in [-0.3, -0.25) is 4.79 Å². The summed E-state index contributed by atoms with van der Waals surface area (Å²) in [6.45, 7) is 9.65. The summed E-state index contributed by atoms with van der Waals surface area (Å²) in [4.78, 5) is 23.8. The summed E-state index contributed by atoms with van der Waals surface area (Å²) in [5, 5.41) is 2.65. The fraction of sp³-hybridized carbons (Fsp3) is 0.571. The van der Waals surface area contributed by atoms with E-state index in [4.69, 9.17) is 4.74 Å². The Morgan fingerprint density at radius 2 is 2.05 bits per heavy atom. The zero-order valence-corrected chi connectivity index (χ0v) is 12.2. The van der Waals surface area contributed by atoms with Gasteiger partial charge in [-0.05, 0) is 46.8 Å². The second kappa shape index (κ2) is 5.91. The molecule has 1 amide bonds. The van der Waals surface area contributed by atoms with E-state index in [1.807, 2.05) is 17.7 Å². The van der Waals surface area contributed by atoms with Crippen LogP contribution in [0.1, 0.15) is 45.1 Å². The van der Waals surface area contributed by atoms with Gasteiger partial charge in [0, 0.05) is 12.7 Å². The first-order chi connectivity index (χ1) is 8.74. The maximum Gasteiger partial charge on any atom is 0.328 e. The highest BCUT2D eigenvalue weighted by Gasteiger charge is 2.23. The van der Waals surface area contributed by atoms with Gasteiger partial charge in [-0.1, -0.05) is 0 Å². The molecule has 0 saturated heterocycles. The molecule has 19 heavy (non-hydrogen) atoms. The summed E-state index contributed by atoms with van der Waals surface area (Å²) in [6.07, 6.45) is 1.83. The van der Waals surface area contributed by atoms with Crippen molar-refractivity contribution >= 4 is 11.9 Å². The minimum absolute atomic E-state index is 0.273. The number of esters is 1. The number of rotatable bonds is 4. The molecule has 106 valence electrons. The molecular formula is C14H22N2O3. The van der Waals surface area contributed by atoms with Gasteiger partial charge in [0.1, 0.15) is 17.3 Å². The third-order valence-corrected chi connectivity index (χ3v) is 2.51. The van der Waals surface area contributed by atoms with Crippen LogP contribution in [0.2, 0.25) is 0 Å². The van der Waals surface area contributed by atoms with E-state index in [0.29, 0.717) is 12.2 Å². The van der Waals surface area contributed by atoms with Crippen LogP contribution in [-0.4, -0.2) is 28.1 Å². The molecule has 0 unspecified atom stereocenters. The van der Waals surface area contributed by atoms with E-state index in [2.05, 4.69) is 5.32 Å². The molecule has 0 fully saturated rings. The number of hydrogen-bond donors (Lipinski definition) is 1. The fourth-order valence-corrected chi connectivity index (χ4v) is 1.62. The Bertz CT molecular complexity index is 458. The number of hydrogen-bond acceptors (Lipinski definition) is 3. The number of aromatic nitrogens is 1. The molecule has 1 atom stereocenters.